The molecule has 0 N–H and O–H groups in total. The largest absolute Gasteiger partial charge is 0.444 e. The Morgan fingerprint density at radius 2 is 1.81 bits per heavy atom. The SMILES string of the molecule is CC(C)(C)OC(=O)N1CCN(CCCN2CC(CS(=O)(=O)F)CC2=O)CC1. The summed E-state index contributed by atoms with van der Waals surface area (Å²) >= 11 is 0. The first-order chi connectivity index (χ1) is 12.4. The van der Waals surface area contributed by atoms with Crippen LogP contribution in [0.1, 0.15) is 33.6 Å². The molecule has 2 heterocycles. The van der Waals surface area contributed by atoms with Gasteiger partial charge in [-0.25, -0.2) is 4.79 Å². The Morgan fingerprint density at radius 1 is 1.19 bits per heavy atom. The van der Waals surface area contributed by atoms with E-state index in [0.717, 1.165) is 26.1 Å². The average molecular weight is 408 g/mol. The van der Waals surface area contributed by atoms with Gasteiger partial charge in [0.1, 0.15) is 5.60 Å². The molecule has 0 aromatic carbocycles. The van der Waals surface area contributed by atoms with Gasteiger partial charge in [-0.05, 0) is 33.7 Å². The molecular weight excluding hydrogens is 377 g/mol. The fourth-order valence-electron chi connectivity index (χ4n) is 3.43. The molecule has 156 valence electrons. The van der Waals surface area contributed by atoms with Crippen LogP contribution in [0, 0.1) is 5.92 Å². The lowest BCUT2D eigenvalue weighted by molar-refractivity contribution is -0.127. The van der Waals surface area contributed by atoms with E-state index in [1.807, 2.05) is 20.8 Å². The number of amides is 2. The monoisotopic (exact) mass is 407 g/mol. The highest BCUT2D eigenvalue weighted by atomic mass is 32.3. The highest BCUT2D eigenvalue weighted by molar-refractivity contribution is 7.86. The third-order valence-corrected chi connectivity index (χ3v) is 5.53. The average Bonchev–Trinajstić information content (AvgIpc) is 2.84. The summed E-state index contributed by atoms with van der Waals surface area (Å²) < 4.78 is 39.6. The Hall–Kier alpha value is -1.42. The molecule has 2 aliphatic rings. The fraction of sp³-hybridized carbons (Fsp3) is 0.882. The third-order valence-electron chi connectivity index (χ3n) is 4.66. The Bertz CT molecular complexity index is 641. The minimum absolute atomic E-state index is 0.0950. The molecule has 2 rings (SSSR count). The smallest absolute Gasteiger partial charge is 0.410 e. The van der Waals surface area contributed by atoms with E-state index < -0.39 is 27.5 Å². The second-order valence-corrected chi connectivity index (χ2v) is 9.69. The molecule has 8 nitrogen and oxygen atoms in total. The number of ether oxygens (including phenoxy) is 1. The molecule has 0 aliphatic carbocycles. The van der Waals surface area contributed by atoms with Crippen molar-refractivity contribution in [1.29, 1.82) is 0 Å². The molecule has 0 spiro atoms. The second-order valence-electron chi connectivity index (χ2n) is 8.28. The Labute approximate surface area is 160 Å². The minimum atomic E-state index is -4.55. The van der Waals surface area contributed by atoms with Crippen LogP contribution in [0.4, 0.5) is 8.68 Å². The van der Waals surface area contributed by atoms with Gasteiger partial charge in [-0.1, -0.05) is 0 Å². The predicted octanol–water partition coefficient (Wildman–Crippen LogP) is 1.08. The molecule has 0 bridgehead atoms. The van der Waals surface area contributed by atoms with Crippen LogP contribution in [0.5, 0.6) is 0 Å². The summed E-state index contributed by atoms with van der Waals surface area (Å²) in [4.78, 5) is 29.5. The van der Waals surface area contributed by atoms with Crippen molar-refractivity contribution in [2.75, 3.05) is 51.6 Å². The Kier molecular flexibility index (Phi) is 7.07. The lowest BCUT2D eigenvalue weighted by Gasteiger charge is -2.35. The van der Waals surface area contributed by atoms with E-state index in [9.17, 15) is 21.9 Å². The van der Waals surface area contributed by atoms with Crippen LogP contribution in [0.2, 0.25) is 0 Å². The molecule has 0 aromatic heterocycles. The van der Waals surface area contributed by atoms with Gasteiger partial charge in [0, 0.05) is 51.6 Å². The first-order valence-electron chi connectivity index (χ1n) is 9.33. The van der Waals surface area contributed by atoms with E-state index in [0.29, 0.717) is 26.2 Å². The fourth-order valence-corrected chi connectivity index (χ4v) is 4.22. The van der Waals surface area contributed by atoms with E-state index in [2.05, 4.69) is 4.90 Å². The normalized spacial score (nSPS) is 22.4. The topological polar surface area (TPSA) is 87.2 Å². The van der Waals surface area contributed by atoms with Crippen LogP contribution in [0.15, 0.2) is 0 Å². The van der Waals surface area contributed by atoms with Gasteiger partial charge in [-0.3, -0.25) is 9.69 Å². The van der Waals surface area contributed by atoms with Gasteiger partial charge in [0.2, 0.25) is 5.91 Å². The van der Waals surface area contributed by atoms with Crippen molar-refractivity contribution >= 4 is 22.2 Å². The van der Waals surface area contributed by atoms with Crippen LogP contribution in [0.3, 0.4) is 0 Å². The maximum absolute atomic E-state index is 12.8. The van der Waals surface area contributed by atoms with Gasteiger partial charge >= 0.3 is 16.3 Å². The molecule has 2 fully saturated rings. The quantitative estimate of drug-likeness (QED) is 0.613. The number of halogens is 1. The number of nitrogens with zero attached hydrogens (tertiary/aromatic N) is 3. The number of rotatable bonds is 6. The predicted molar refractivity (Wildman–Crippen MR) is 98.4 cm³/mol. The highest BCUT2D eigenvalue weighted by Crippen LogP contribution is 2.20. The van der Waals surface area contributed by atoms with E-state index in [4.69, 9.17) is 4.74 Å². The Morgan fingerprint density at radius 3 is 2.37 bits per heavy atom. The zero-order chi connectivity index (χ0) is 20.2. The van der Waals surface area contributed by atoms with E-state index in [1.165, 1.54) is 0 Å². The van der Waals surface area contributed by atoms with Crippen molar-refractivity contribution in [2.45, 2.75) is 39.2 Å². The molecular formula is C17H30FN3O5S. The van der Waals surface area contributed by atoms with Gasteiger partial charge in [0.05, 0.1) is 5.75 Å². The standard InChI is InChI=1S/C17H30FN3O5S/c1-17(2,3)26-16(23)20-9-7-19(8-10-20)5-4-6-21-12-14(11-15(21)22)13-27(18,24)25/h14H,4-13H2,1-3H3. The summed E-state index contributed by atoms with van der Waals surface area (Å²) in [6.07, 6.45) is 0.559. The van der Waals surface area contributed by atoms with Gasteiger partial charge in [0.25, 0.3) is 0 Å². The van der Waals surface area contributed by atoms with Crippen molar-refractivity contribution in [3.05, 3.63) is 0 Å². The van der Waals surface area contributed by atoms with E-state index in [1.54, 1.807) is 9.80 Å². The van der Waals surface area contributed by atoms with E-state index in [-0.39, 0.29) is 18.4 Å². The number of likely N-dealkylation sites (tertiary alicyclic amines) is 1. The number of hydrogen-bond donors (Lipinski definition) is 0. The van der Waals surface area contributed by atoms with Gasteiger partial charge in [-0.2, -0.15) is 8.42 Å². The van der Waals surface area contributed by atoms with Crippen LogP contribution < -0.4 is 0 Å². The number of carbonyl (C=O) groups is 2. The maximum Gasteiger partial charge on any atom is 0.410 e. The van der Waals surface area contributed by atoms with Crippen LogP contribution in [-0.4, -0.2) is 92.3 Å². The van der Waals surface area contributed by atoms with E-state index >= 15 is 0 Å². The number of hydrogen-bond acceptors (Lipinski definition) is 6. The lowest BCUT2D eigenvalue weighted by Crippen LogP contribution is -2.50. The third kappa shape index (κ3) is 7.61. The summed E-state index contributed by atoms with van der Waals surface area (Å²) in [6.45, 7) is 9.85. The van der Waals surface area contributed by atoms with Crippen molar-refractivity contribution in [3.8, 4) is 0 Å². The molecule has 10 heteroatoms. The van der Waals surface area contributed by atoms with Crippen LogP contribution in [-0.2, 0) is 19.8 Å². The molecule has 0 aromatic rings. The molecule has 2 saturated heterocycles. The Balaban J connectivity index is 1.66. The maximum atomic E-state index is 12.8. The van der Waals surface area contributed by atoms with Crippen LogP contribution in [0.25, 0.3) is 0 Å². The molecule has 27 heavy (non-hydrogen) atoms. The molecule has 1 atom stereocenters. The van der Waals surface area contributed by atoms with Gasteiger partial charge < -0.3 is 14.5 Å². The first kappa shape index (κ1) is 21.9. The van der Waals surface area contributed by atoms with Crippen molar-refractivity contribution in [1.82, 2.24) is 14.7 Å². The summed E-state index contributed by atoms with van der Waals surface area (Å²) in [5.41, 5.74) is -0.504. The van der Waals surface area contributed by atoms with Gasteiger partial charge in [0.15, 0.2) is 0 Å². The van der Waals surface area contributed by atoms with Crippen molar-refractivity contribution in [3.63, 3.8) is 0 Å². The zero-order valence-electron chi connectivity index (χ0n) is 16.3. The zero-order valence-corrected chi connectivity index (χ0v) is 17.1. The minimum Gasteiger partial charge on any atom is -0.444 e. The van der Waals surface area contributed by atoms with Gasteiger partial charge in [-0.15, -0.1) is 3.89 Å². The molecule has 0 radical (unpaired) electrons. The molecule has 2 aliphatic heterocycles. The van der Waals surface area contributed by atoms with Crippen molar-refractivity contribution < 1.29 is 26.6 Å². The molecule has 2 amide bonds. The highest BCUT2D eigenvalue weighted by Gasteiger charge is 2.32. The first-order valence-corrected chi connectivity index (χ1v) is 10.9. The number of carbonyl (C=O) groups excluding carboxylic acids is 2. The summed E-state index contributed by atoms with van der Waals surface area (Å²) in [5.74, 6) is -1.15. The number of piperazine rings is 1. The summed E-state index contributed by atoms with van der Waals surface area (Å²) in [7, 11) is -4.55. The van der Waals surface area contributed by atoms with Crippen molar-refractivity contribution in [2.24, 2.45) is 5.92 Å². The van der Waals surface area contributed by atoms with Crippen LogP contribution >= 0.6 is 0 Å². The molecule has 1 unspecified atom stereocenters. The summed E-state index contributed by atoms with van der Waals surface area (Å²) in [5, 5.41) is 0. The molecule has 0 saturated carbocycles. The second kappa shape index (κ2) is 8.72. The lowest BCUT2D eigenvalue weighted by atomic mass is 10.1. The summed E-state index contributed by atoms with van der Waals surface area (Å²) in [6, 6.07) is 0.